The Kier molecular flexibility index (Phi) is 4.22. The molecule has 1 saturated heterocycles. The number of nitrogens with zero attached hydrogens (tertiary/aromatic N) is 1. The first-order chi connectivity index (χ1) is 12.1. The van der Waals surface area contributed by atoms with Crippen LogP contribution in [-0.2, 0) is 0 Å². The Bertz CT molecular complexity index is 757. The normalized spacial score (nSPS) is 25.0. The van der Waals surface area contributed by atoms with Crippen molar-refractivity contribution in [3.8, 4) is 16.9 Å². The Labute approximate surface area is 148 Å². The van der Waals surface area contributed by atoms with Gasteiger partial charge in [0.15, 0.2) is 0 Å². The number of benzene rings is 2. The lowest BCUT2D eigenvalue weighted by molar-refractivity contribution is 0.0765. The van der Waals surface area contributed by atoms with Crippen LogP contribution < -0.4 is 4.74 Å². The van der Waals surface area contributed by atoms with E-state index in [9.17, 15) is 9.90 Å². The summed E-state index contributed by atoms with van der Waals surface area (Å²) in [6, 6.07) is 15.7. The third-order valence-electron chi connectivity index (χ3n) is 5.55. The van der Waals surface area contributed by atoms with Gasteiger partial charge in [0, 0.05) is 18.7 Å². The second-order valence-corrected chi connectivity index (χ2v) is 7.16. The van der Waals surface area contributed by atoms with Gasteiger partial charge in [0.2, 0.25) is 0 Å². The zero-order chi connectivity index (χ0) is 17.4. The van der Waals surface area contributed by atoms with Crippen LogP contribution in [0.5, 0.6) is 5.75 Å². The average molecular weight is 337 g/mol. The first kappa shape index (κ1) is 16.2. The monoisotopic (exact) mass is 337 g/mol. The SMILES string of the molecule is COc1ccc(-c2cccc(C(=O)N3C[C@H]4CC(O)C[C@H]4C3)c2)cc1. The molecule has 1 unspecified atom stereocenters. The zero-order valence-corrected chi connectivity index (χ0v) is 14.4. The smallest absolute Gasteiger partial charge is 0.253 e. The van der Waals surface area contributed by atoms with Crippen LogP contribution in [0.1, 0.15) is 23.2 Å². The molecular weight excluding hydrogens is 314 g/mol. The van der Waals surface area contributed by atoms with Gasteiger partial charge in [-0.15, -0.1) is 0 Å². The van der Waals surface area contributed by atoms with E-state index < -0.39 is 0 Å². The van der Waals surface area contributed by atoms with E-state index in [0.717, 1.165) is 48.4 Å². The fourth-order valence-electron chi connectivity index (χ4n) is 4.23. The number of hydrogen-bond acceptors (Lipinski definition) is 3. The molecule has 2 aromatic carbocycles. The van der Waals surface area contributed by atoms with Crippen molar-refractivity contribution in [1.82, 2.24) is 4.90 Å². The van der Waals surface area contributed by atoms with E-state index in [1.54, 1.807) is 7.11 Å². The third kappa shape index (κ3) is 3.14. The van der Waals surface area contributed by atoms with E-state index >= 15 is 0 Å². The Morgan fingerprint density at radius 1 is 1.04 bits per heavy atom. The number of aliphatic hydroxyl groups excluding tert-OH is 1. The van der Waals surface area contributed by atoms with E-state index in [1.165, 1.54) is 0 Å². The van der Waals surface area contributed by atoms with Crippen molar-refractivity contribution in [2.75, 3.05) is 20.2 Å². The lowest BCUT2D eigenvalue weighted by atomic mass is 10.0. The molecule has 1 saturated carbocycles. The first-order valence-electron chi connectivity index (χ1n) is 8.86. The molecule has 3 atom stereocenters. The predicted octanol–water partition coefficient (Wildman–Crippen LogP) is 3.21. The standard InChI is InChI=1S/C21H23NO3/c1-25-20-7-5-14(6-8-20)15-3-2-4-16(9-15)21(24)22-12-17-10-19(23)11-18(17)13-22/h2-9,17-19,23H,10-13H2,1H3/t17-,18+,19?. The van der Waals surface area contributed by atoms with Crippen LogP contribution in [0, 0.1) is 11.8 Å². The summed E-state index contributed by atoms with van der Waals surface area (Å²) in [6.45, 7) is 1.54. The molecule has 0 bridgehead atoms. The summed E-state index contributed by atoms with van der Waals surface area (Å²) in [4.78, 5) is 14.8. The van der Waals surface area contributed by atoms with E-state index in [4.69, 9.17) is 4.74 Å². The van der Waals surface area contributed by atoms with Crippen molar-refractivity contribution in [3.63, 3.8) is 0 Å². The van der Waals surface area contributed by atoms with Gasteiger partial charge in [-0.25, -0.2) is 0 Å². The van der Waals surface area contributed by atoms with E-state index in [2.05, 4.69) is 0 Å². The molecule has 0 radical (unpaired) electrons. The molecule has 4 heteroatoms. The minimum Gasteiger partial charge on any atom is -0.497 e. The first-order valence-corrected chi connectivity index (χ1v) is 8.86. The minimum atomic E-state index is -0.175. The van der Waals surface area contributed by atoms with E-state index in [1.807, 2.05) is 53.4 Å². The van der Waals surface area contributed by atoms with Crippen LogP contribution in [0.4, 0.5) is 0 Å². The van der Waals surface area contributed by atoms with Gasteiger partial charge in [-0.1, -0.05) is 24.3 Å². The van der Waals surface area contributed by atoms with Gasteiger partial charge in [0.05, 0.1) is 13.2 Å². The lowest BCUT2D eigenvalue weighted by Crippen LogP contribution is -2.30. The highest BCUT2D eigenvalue weighted by atomic mass is 16.5. The molecule has 1 aliphatic carbocycles. The zero-order valence-electron chi connectivity index (χ0n) is 14.4. The van der Waals surface area contributed by atoms with Gasteiger partial charge in [-0.05, 0) is 60.1 Å². The minimum absolute atomic E-state index is 0.0965. The van der Waals surface area contributed by atoms with E-state index in [-0.39, 0.29) is 12.0 Å². The van der Waals surface area contributed by atoms with Crippen molar-refractivity contribution in [2.24, 2.45) is 11.8 Å². The van der Waals surface area contributed by atoms with Gasteiger partial charge in [-0.2, -0.15) is 0 Å². The summed E-state index contributed by atoms with van der Waals surface area (Å²) in [5.41, 5.74) is 2.83. The molecule has 0 aromatic heterocycles. The molecule has 2 aromatic rings. The van der Waals surface area contributed by atoms with Gasteiger partial charge >= 0.3 is 0 Å². The van der Waals surface area contributed by atoms with Crippen molar-refractivity contribution in [3.05, 3.63) is 54.1 Å². The van der Waals surface area contributed by atoms with Gasteiger partial charge < -0.3 is 14.7 Å². The maximum Gasteiger partial charge on any atom is 0.253 e. The molecule has 1 N–H and O–H groups in total. The molecule has 2 fully saturated rings. The highest BCUT2D eigenvalue weighted by Crippen LogP contribution is 2.38. The number of carbonyl (C=O) groups is 1. The van der Waals surface area contributed by atoms with E-state index in [0.29, 0.717) is 11.8 Å². The summed E-state index contributed by atoms with van der Waals surface area (Å²) in [7, 11) is 1.65. The fourth-order valence-corrected chi connectivity index (χ4v) is 4.23. The quantitative estimate of drug-likeness (QED) is 0.936. The molecule has 25 heavy (non-hydrogen) atoms. The maximum atomic E-state index is 12.9. The predicted molar refractivity (Wildman–Crippen MR) is 96.6 cm³/mol. The molecule has 4 nitrogen and oxygen atoms in total. The van der Waals surface area contributed by atoms with Crippen LogP contribution in [0.3, 0.4) is 0 Å². The lowest BCUT2D eigenvalue weighted by Gasteiger charge is -2.18. The molecule has 4 rings (SSSR count). The molecular formula is C21H23NO3. The number of hydrogen-bond donors (Lipinski definition) is 1. The number of rotatable bonds is 3. The largest absolute Gasteiger partial charge is 0.497 e. The highest BCUT2D eigenvalue weighted by molar-refractivity contribution is 5.95. The van der Waals surface area contributed by atoms with Crippen molar-refractivity contribution >= 4 is 5.91 Å². The number of aliphatic hydroxyl groups is 1. The Balaban J connectivity index is 1.52. The number of fused-ring (bicyclic) bond motifs is 1. The van der Waals surface area contributed by atoms with Gasteiger partial charge in [0.25, 0.3) is 5.91 Å². The van der Waals surface area contributed by atoms with Gasteiger partial charge in [-0.3, -0.25) is 4.79 Å². The van der Waals surface area contributed by atoms with Crippen LogP contribution in [-0.4, -0.2) is 42.2 Å². The van der Waals surface area contributed by atoms with Crippen molar-refractivity contribution < 1.29 is 14.6 Å². The Hall–Kier alpha value is -2.33. The fraction of sp³-hybridized carbons (Fsp3) is 0.381. The number of carbonyl (C=O) groups excluding carboxylic acids is 1. The number of ether oxygens (including phenoxy) is 1. The molecule has 130 valence electrons. The summed E-state index contributed by atoms with van der Waals surface area (Å²) >= 11 is 0. The van der Waals surface area contributed by atoms with Crippen LogP contribution in [0.2, 0.25) is 0 Å². The van der Waals surface area contributed by atoms with Gasteiger partial charge in [0.1, 0.15) is 5.75 Å². The molecule has 2 aliphatic rings. The average Bonchev–Trinajstić information content (AvgIpc) is 3.18. The second kappa shape index (κ2) is 6.52. The van der Waals surface area contributed by atoms with Crippen LogP contribution in [0.25, 0.3) is 11.1 Å². The number of methoxy groups -OCH3 is 1. The summed E-state index contributed by atoms with van der Waals surface area (Å²) in [6.07, 6.45) is 1.49. The highest BCUT2D eigenvalue weighted by Gasteiger charge is 2.41. The summed E-state index contributed by atoms with van der Waals surface area (Å²) in [5, 5.41) is 9.76. The van der Waals surface area contributed by atoms with Crippen LogP contribution >= 0.6 is 0 Å². The van der Waals surface area contributed by atoms with Crippen molar-refractivity contribution in [1.29, 1.82) is 0 Å². The summed E-state index contributed by atoms with van der Waals surface area (Å²) < 4.78 is 5.20. The van der Waals surface area contributed by atoms with Crippen molar-refractivity contribution in [2.45, 2.75) is 18.9 Å². The topological polar surface area (TPSA) is 49.8 Å². The third-order valence-corrected chi connectivity index (χ3v) is 5.55. The Morgan fingerprint density at radius 3 is 2.36 bits per heavy atom. The Morgan fingerprint density at radius 2 is 1.72 bits per heavy atom. The number of likely N-dealkylation sites (tertiary alicyclic amines) is 1. The molecule has 1 amide bonds. The molecule has 1 aliphatic heterocycles. The molecule has 0 spiro atoms. The summed E-state index contributed by atoms with van der Waals surface area (Å²) in [5.74, 6) is 1.84. The second-order valence-electron chi connectivity index (χ2n) is 7.16. The van der Waals surface area contributed by atoms with Crippen LogP contribution in [0.15, 0.2) is 48.5 Å². The number of amides is 1. The maximum absolute atomic E-state index is 12.9. The molecule has 1 heterocycles.